The minimum absolute atomic E-state index is 0.479. The van der Waals surface area contributed by atoms with E-state index in [-0.39, 0.29) is 0 Å². The van der Waals surface area contributed by atoms with E-state index in [9.17, 15) is 0 Å². The van der Waals surface area contributed by atoms with Crippen LogP contribution in [0.25, 0.3) is 10.8 Å². The van der Waals surface area contributed by atoms with Crippen LogP contribution in [0.4, 0.5) is 0 Å². The van der Waals surface area contributed by atoms with Crippen molar-refractivity contribution in [2.75, 3.05) is 0 Å². The van der Waals surface area contributed by atoms with Gasteiger partial charge < -0.3 is 4.98 Å². The summed E-state index contributed by atoms with van der Waals surface area (Å²) in [5.74, 6) is 1.50. The average Bonchev–Trinajstić information content (AvgIpc) is 2.67. The van der Waals surface area contributed by atoms with Crippen molar-refractivity contribution in [3.8, 4) is 0 Å². The van der Waals surface area contributed by atoms with Crippen molar-refractivity contribution < 1.29 is 0 Å². The fraction of sp³-hybridized carbons (Fsp3) is 0.562. The molecule has 18 heavy (non-hydrogen) atoms. The van der Waals surface area contributed by atoms with Gasteiger partial charge in [0.1, 0.15) is 0 Å². The molecule has 0 unspecified atom stereocenters. The van der Waals surface area contributed by atoms with Crippen LogP contribution >= 0.6 is 0 Å². The highest BCUT2D eigenvalue weighted by atomic mass is 14.8. The largest absolute Gasteiger partial charge is 0.361 e. The standard InChI is InChI=1S/C16H24N2/c1-9(2)14-7-12-13(8-17-14)16(11(5)6)18-15(12)10(3)4/h7-11,18H,1-6H3. The lowest BCUT2D eigenvalue weighted by atomic mass is 10.0. The molecule has 2 rings (SSSR count). The summed E-state index contributed by atoms with van der Waals surface area (Å²) in [5, 5.41) is 2.64. The second kappa shape index (κ2) is 4.75. The Labute approximate surface area is 110 Å². The topological polar surface area (TPSA) is 28.7 Å². The molecule has 2 aromatic heterocycles. The van der Waals surface area contributed by atoms with E-state index in [0.717, 1.165) is 0 Å². The maximum atomic E-state index is 4.60. The first-order valence-electron chi connectivity index (χ1n) is 6.93. The summed E-state index contributed by atoms with van der Waals surface area (Å²) < 4.78 is 0. The van der Waals surface area contributed by atoms with Crippen LogP contribution in [-0.2, 0) is 0 Å². The minimum Gasteiger partial charge on any atom is -0.361 e. The first-order valence-corrected chi connectivity index (χ1v) is 6.93. The van der Waals surface area contributed by atoms with Crippen LogP contribution in [0.1, 0.15) is 76.4 Å². The number of hydrogen-bond acceptors (Lipinski definition) is 1. The lowest BCUT2D eigenvalue weighted by molar-refractivity contribution is 0.793. The molecule has 2 aromatic rings. The van der Waals surface area contributed by atoms with Gasteiger partial charge in [0.25, 0.3) is 0 Å². The third kappa shape index (κ3) is 2.16. The molecule has 0 aliphatic carbocycles. The Hall–Kier alpha value is -1.31. The molecule has 0 saturated heterocycles. The van der Waals surface area contributed by atoms with Gasteiger partial charge in [0.2, 0.25) is 0 Å². The average molecular weight is 244 g/mol. The number of aromatic nitrogens is 2. The smallest absolute Gasteiger partial charge is 0.0436 e. The zero-order valence-corrected chi connectivity index (χ0v) is 12.3. The number of hydrogen-bond donors (Lipinski definition) is 1. The minimum atomic E-state index is 0.479. The van der Waals surface area contributed by atoms with Gasteiger partial charge in [-0.3, -0.25) is 4.98 Å². The number of rotatable bonds is 3. The summed E-state index contributed by atoms with van der Waals surface area (Å²) in [7, 11) is 0. The predicted octanol–water partition coefficient (Wildman–Crippen LogP) is 4.93. The van der Waals surface area contributed by atoms with E-state index < -0.39 is 0 Å². The highest BCUT2D eigenvalue weighted by Gasteiger charge is 2.16. The normalized spacial score (nSPS) is 12.3. The molecule has 0 spiro atoms. The Bertz CT molecular complexity index is 547. The number of pyridine rings is 1. The summed E-state index contributed by atoms with van der Waals surface area (Å²) in [5.41, 5.74) is 3.84. The molecule has 0 amide bonds. The molecule has 2 heteroatoms. The maximum absolute atomic E-state index is 4.60. The Balaban J connectivity index is 2.71. The van der Waals surface area contributed by atoms with E-state index in [1.54, 1.807) is 0 Å². The molecule has 0 atom stereocenters. The fourth-order valence-electron chi connectivity index (χ4n) is 2.42. The molecule has 98 valence electrons. The Morgan fingerprint density at radius 2 is 1.39 bits per heavy atom. The molecule has 2 heterocycles. The van der Waals surface area contributed by atoms with Gasteiger partial charge in [-0.15, -0.1) is 0 Å². The van der Waals surface area contributed by atoms with Gasteiger partial charge in [-0.25, -0.2) is 0 Å². The Morgan fingerprint density at radius 1 is 0.833 bits per heavy atom. The van der Waals surface area contributed by atoms with Crippen LogP contribution < -0.4 is 0 Å². The van der Waals surface area contributed by atoms with Crippen LogP contribution in [0.2, 0.25) is 0 Å². The van der Waals surface area contributed by atoms with Crippen molar-refractivity contribution in [3.63, 3.8) is 0 Å². The van der Waals surface area contributed by atoms with Crippen molar-refractivity contribution in [1.82, 2.24) is 9.97 Å². The van der Waals surface area contributed by atoms with E-state index in [1.807, 2.05) is 6.20 Å². The third-order valence-electron chi connectivity index (χ3n) is 3.52. The molecule has 1 N–H and O–H groups in total. The van der Waals surface area contributed by atoms with Crippen LogP contribution in [0.15, 0.2) is 12.3 Å². The summed E-state index contributed by atoms with van der Waals surface area (Å²) in [4.78, 5) is 8.22. The molecule has 2 nitrogen and oxygen atoms in total. The van der Waals surface area contributed by atoms with E-state index >= 15 is 0 Å². The molecule has 0 aromatic carbocycles. The molecule has 0 bridgehead atoms. The third-order valence-corrected chi connectivity index (χ3v) is 3.52. The van der Waals surface area contributed by atoms with E-state index in [2.05, 4.69) is 57.6 Å². The van der Waals surface area contributed by atoms with Gasteiger partial charge in [-0.1, -0.05) is 41.5 Å². The molecule has 0 radical (unpaired) electrons. The number of nitrogens with one attached hydrogen (secondary N) is 1. The number of aromatic amines is 1. The van der Waals surface area contributed by atoms with Gasteiger partial charge in [-0.2, -0.15) is 0 Å². The first kappa shape index (κ1) is 13.1. The summed E-state index contributed by atoms with van der Waals surface area (Å²) in [6.45, 7) is 13.3. The van der Waals surface area contributed by atoms with E-state index in [0.29, 0.717) is 17.8 Å². The monoisotopic (exact) mass is 244 g/mol. The summed E-state index contributed by atoms with van der Waals surface area (Å²) >= 11 is 0. The van der Waals surface area contributed by atoms with Crippen LogP contribution in [0.5, 0.6) is 0 Å². The molecular formula is C16H24N2. The molecular weight excluding hydrogens is 220 g/mol. The van der Waals surface area contributed by atoms with E-state index in [1.165, 1.54) is 27.9 Å². The van der Waals surface area contributed by atoms with Gasteiger partial charge in [-0.05, 0) is 23.8 Å². The lowest BCUT2D eigenvalue weighted by Crippen LogP contribution is -1.93. The summed E-state index contributed by atoms with van der Waals surface area (Å²) in [6, 6.07) is 2.26. The van der Waals surface area contributed by atoms with Gasteiger partial charge in [0.05, 0.1) is 0 Å². The van der Waals surface area contributed by atoms with Crippen molar-refractivity contribution >= 4 is 10.8 Å². The zero-order chi connectivity index (χ0) is 13.4. The van der Waals surface area contributed by atoms with Crippen molar-refractivity contribution in [2.45, 2.75) is 59.3 Å². The maximum Gasteiger partial charge on any atom is 0.0436 e. The van der Waals surface area contributed by atoms with Gasteiger partial charge in [0.15, 0.2) is 0 Å². The Morgan fingerprint density at radius 3 is 1.89 bits per heavy atom. The lowest BCUT2D eigenvalue weighted by Gasteiger charge is -2.06. The van der Waals surface area contributed by atoms with Crippen molar-refractivity contribution in [2.24, 2.45) is 0 Å². The number of nitrogens with zero attached hydrogens (tertiary/aromatic N) is 1. The molecule has 0 aliphatic heterocycles. The van der Waals surface area contributed by atoms with Crippen LogP contribution in [0.3, 0.4) is 0 Å². The van der Waals surface area contributed by atoms with Crippen molar-refractivity contribution in [1.29, 1.82) is 0 Å². The highest BCUT2D eigenvalue weighted by molar-refractivity contribution is 5.88. The number of fused-ring (bicyclic) bond motifs is 1. The molecule has 0 saturated carbocycles. The van der Waals surface area contributed by atoms with Gasteiger partial charge >= 0.3 is 0 Å². The van der Waals surface area contributed by atoms with Crippen LogP contribution in [0, 0.1) is 0 Å². The molecule has 0 aliphatic rings. The second-order valence-electron chi connectivity index (χ2n) is 6.07. The molecule has 0 fully saturated rings. The van der Waals surface area contributed by atoms with Crippen molar-refractivity contribution in [3.05, 3.63) is 29.3 Å². The Kier molecular flexibility index (Phi) is 3.47. The van der Waals surface area contributed by atoms with Crippen LogP contribution in [-0.4, -0.2) is 9.97 Å². The summed E-state index contributed by atoms with van der Waals surface area (Å²) in [6.07, 6.45) is 2.04. The van der Waals surface area contributed by atoms with Gasteiger partial charge in [0, 0.05) is 34.1 Å². The second-order valence-corrected chi connectivity index (χ2v) is 6.07. The van der Waals surface area contributed by atoms with E-state index in [4.69, 9.17) is 0 Å². The predicted molar refractivity (Wildman–Crippen MR) is 78.4 cm³/mol. The quantitative estimate of drug-likeness (QED) is 0.814. The fourth-order valence-corrected chi connectivity index (χ4v) is 2.42. The zero-order valence-electron chi connectivity index (χ0n) is 12.3. The number of H-pyrrole nitrogens is 1. The first-order chi connectivity index (χ1) is 8.41. The highest BCUT2D eigenvalue weighted by Crippen LogP contribution is 2.32. The SMILES string of the molecule is CC(C)c1cc2c(C(C)C)[nH]c(C(C)C)c2cn1.